The first kappa shape index (κ1) is 20.6. The molecule has 0 saturated heterocycles. The number of nitrogens with one attached hydrogen (secondary N) is 2. The first-order chi connectivity index (χ1) is 13.4. The summed E-state index contributed by atoms with van der Waals surface area (Å²) in [5.74, 6) is 0. The van der Waals surface area contributed by atoms with Crippen LogP contribution in [0.4, 0.5) is 5.69 Å². The molecule has 6 nitrogen and oxygen atoms in total. The minimum absolute atomic E-state index is 0.541. The van der Waals surface area contributed by atoms with Gasteiger partial charge in [-0.15, -0.1) is 0 Å². The molecule has 2 heterocycles. The van der Waals surface area contributed by atoms with Crippen molar-refractivity contribution >= 4 is 46.2 Å². The van der Waals surface area contributed by atoms with Crippen LogP contribution < -0.4 is 10.6 Å². The number of anilines is 1. The lowest BCUT2D eigenvalue weighted by atomic mass is 10.2. The van der Waals surface area contributed by atoms with E-state index in [2.05, 4.69) is 27.8 Å². The molecule has 28 heavy (non-hydrogen) atoms. The smallest absolute Gasteiger partial charge is 0.171 e. The molecule has 0 amide bonds. The Morgan fingerprint density at radius 3 is 2.68 bits per heavy atom. The lowest BCUT2D eigenvalue weighted by Crippen LogP contribution is -2.29. The topological polar surface area (TPSA) is 59.7 Å². The summed E-state index contributed by atoms with van der Waals surface area (Å²) < 4.78 is 3.83. The fraction of sp³-hybridized carbons (Fsp3) is 0.316. The molecule has 9 heteroatoms. The van der Waals surface area contributed by atoms with Gasteiger partial charge >= 0.3 is 0 Å². The van der Waals surface area contributed by atoms with Gasteiger partial charge in [0.15, 0.2) is 5.11 Å². The molecule has 0 aliphatic carbocycles. The highest BCUT2D eigenvalue weighted by Crippen LogP contribution is 2.25. The van der Waals surface area contributed by atoms with E-state index in [0.717, 1.165) is 34.9 Å². The molecular formula is C19H22Cl2N6S. The molecule has 0 unspecified atom stereocenters. The van der Waals surface area contributed by atoms with Crippen LogP contribution in [0, 0.1) is 13.8 Å². The summed E-state index contributed by atoms with van der Waals surface area (Å²) in [5, 5.41) is 17.1. The zero-order valence-corrected chi connectivity index (χ0v) is 18.3. The van der Waals surface area contributed by atoms with Crippen LogP contribution in [0.5, 0.6) is 0 Å². The molecule has 2 N–H and O–H groups in total. The van der Waals surface area contributed by atoms with E-state index in [1.807, 2.05) is 41.4 Å². The maximum atomic E-state index is 6.30. The molecular weight excluding hydrogens is 415 g/mol. The maximum absolute atomic E-state index is 6.30. The van der Waals surface area contributed by atoms with Crippen LogP contribution in [0.25, 0.3) is 0 Å². The third kappa shape index (κ3) is 4.66. The Labute approximate surface area is 179 Å². The first-order valence-corrected chi connectivity index (χ1v) is 10.1. The van der Waals surface area contributed by atoms with Gasteiger partial charge in [-0.3, -0.25) is 9.36 Å². The largest absolute Gasteiger partial charge is 0.357 e. The Bertz CT molecular complexity index is 994. The van der Waals surface area contributed by atoms with Crippen LogP contribution in [0.1, 0.15) is 29.6 Å². The van der Waals surface area contributed by atoms with Gasteiger partial charge in [0.25, 0.3) is 0 Å². The van der Waals surface area contributed by atoms with E-state index in [4.69, 9.17) is 35.4 Å². The van der Waals surface area contributed by atoms with E-state index in [0.29, 0.717) is 28.2 Å². The molecule has 3 aromatic rings. The number of rotatable bonds is 6. The van der Waals surface area contributed by atoms with Crippen molar-refractivity contribution in [2.24, 2.45) is 0 Å². The average Bonchev–Trinajstić information content (AvgIpc) is 3.22. The molecule has 148 valence electrons. The van der Waals surface area contributed by atoms with Crippen molar-refractivity contribution in [2.45, 2.75) is 40.4 Å². The van der Waals surface area contributed by atoms with E-state index in [1.165, 1.54) is 0 Å². The van der Waals surface area contributed by atoms with Crippen LogP contribution in [-0.4, -0.2) is 24.7 Å². The Morgan fingerprint density at radius 1 is 1.18 bits per heavy atom. The SMILES string of the molecule is CCn1nccc1CNC(=S)Nc1c(C)nn(Cc2ccc(Cl)cc2Cl)c1C. The number of aromatic nitrogens is 4. The summed E-state index contributed by atoms with van der Waals surface area (Å²) in [6, 6.07) is 7.46. The monoisotopic (exact) mass is 436 g/mol. The number of benzene rings is 1. The van der Waals surface area contributed by atoms with Crippen LogP contribution in [0.15, 0.2) is 30.5 Å². The summed E-state index contributed by atoms with van der Waals surface area (Å²) >= 11 is 17.7. The van der Waals surface area contributed by atoms with Crippen LogP contribution >= 0.6 is 35.4 Å². The Hall–Kier alpha value is -2.09. The lowest BCUT2D eigenvalue weighted by Gasteiger charge is -2.12. The Balaban J connectivity index is 1.68. The number of aryl methyl sites for hydroxylation is 2. The quantitative estimate of drug-likeness (QED) is 0.554. The summed E-state index contributed by atoms with van der Waals surface area (Å²) in [5.41, 5.74) is 4.77. The standard InChI is InChI=1S/C19H22Cl2N6S/c1-4-26-16(7-8-23-26)10-22-19(28)24-18-12(2)25-27(13(18)3)11-14-5-6-15(20)9-17(14)21/h5-9H,4,10-11H2,1-3H3,(H2,22,24,28). The van der Waals surface area contributed by atoms with E-state index >= 15 is 0 Å². The summed E-state index contributed by atoms with van der Waals surface area (Å²) in [7, 11) is 0. The molecule has 0 fully saturated rings. The molecule has 0 aliphatic heterocycles. The van der Waals surface area contributed by atoms with Crippen molar-refractivity contribution in [2.75, 3.05) is 5.32 Å². The fourth-order valence-electron chi connectivity index (χ4n) is 2.97. The molecule has 0 atom stereocenters. The zero-order chi connectivity index (χ0) is 20.3. The second kappa shape index (κ2) is 8.94. The van der Waals surface area contributed by atoms with Crippen molar-refractivity contribution in [1.29, 1.82) is 0 Å². The van der Waals surface area contributed by atoms with Gasteiger partial charge in [-0.25, -0.2) is 0 Å². The number of hydrogen-bond donors (Lipinski definition) is 2. The van der Waals surface area contributed by atoms with Gasteiger partial charge < -0.3 is 10.6 Å². The molecule has 3 rings (SSSR count). The molecule has 0 bridgehead atoms. The highest BCUT2D eigenvalue weighted by molar-refractivity contribution is 7.80. The van der Waals surface area contributed by atoms with Gasteiger partial charge in [0.05, 0.1) is 35.9 Å². The molecule has 0 radical (unpaired) electrons. The van der Waals surface area contributed by atoms with E-state index in [-0.39, 0.29) is 0 Å². The van der Waals surface area contributed by atoms with Crippen molar-refractivity contribution in [3.05, 3.63) is 63.2 Å². The van der Waals surface area contributed by atoms with Gasteiger partial charge in [-0.05, 0) is 56.8 Å². The number of halogens is 2. The van der Waals surface area contributed by atoms with Gasteiger partial charge in [-0.1, -0.05) is 29.3 Å². The van der Waals surface area contributed by atoms with Crippen molar-refractivity contribution in [3.63, 3.8) is 0 Å². The molecule has 1 aromatic carbocycles. The summed E-state index contributed by atoms with van der Waals surface area (Å²) in [6.45, 7) is 7.99. The second-order valence-electron chi connectivity index (χ2n) is 6.39. The predicted octanol–water partition coefficient (Wildman–Crippen LogP) is 4.56. The second-order valence-corrected chi connectivity index (χ2v) is 7.64. The predicted molar refractivity (Wildman–Crippen MR) is 118 cm³/mol. The number of thiocarbonyl (C=S) groups is 1. The molecule has 0 spiro atoms. The van der Waals surface area contributed by atoms with Crippen LogP contribution in [0.2, 0.25) is 10.0 Å². The van der Waals surface area contributed by atoms with E-state index < -0.39 is 0 Å². The normalized spacial score (nSPS) is 10.9. The van der Waals surface area contributed by atoms with Gasteiger partial charge in [0.1, 0.15) is 0 Å². The summed E-state index contributed by atoms with van der Waals surface area (Å²) in [6.07, 6.45) is 1.79. The highest BCUT2D eigenvalue weighted by atomic mass is 35.5. The summed E-state index contributed by atoms with van der Waals surface area (Å²) in [4.78, 5) is 0. The zero-order valence-electron chi connectivity index (χ0n) is 16.0. The van der Waals surface area contributed by atoms with E-state index in [9.17, 15) is 0 Å². The number of hydrogen-bond acceptors (Lipinski definition) is 3. The van der Waals surface area contributed by atoms with Gasteiger partial charge in [-0.2, -0.15) is 10.2 Å². The van der Waals surface area contributed by atoms with Crippen molar-refractivity contribution < 1.29 is 0 Å². The van der Waals surface area contributed by atoms with E-state index in [1.54, 1.807) is 12.3 Å². The van der Waals surface area contributed by atoms with Gasteiger partial charge in [0.2, 0.25) is 0 Å². The third-order valence-electron chi connectivity index (χ3n) is 4.49. The first-order valence-electron chi connectivity index (χ1n) is 8.92. The minimum atomic E-state index is 0.541. The molecule has 0 aliphatic rings. The average molecular weight is 437 g/mol. The highest BCUT2D eigenvalue weighted by Gasteiger charge is 2.14. The van der Waals surface area contributed by atoms with Gasteiger partial charge in [0, 0.05) is 22.8 Å². The maximum Gasteiger partial charge on any atom is 0.171 e. The number of nitrogens with zero attached hydrogens (tertiary/aromatic N) is 4. The molecule has 2 aromatic heterocycles. The van der Waals surface area contributed by atoms with Crippen molar-refractivity contribution in [3.8, 4) is 0 Å². The van der Waals surface area contributed by atoms with Crippen molar-refractivity contribution in [1.82, 2.24) is 24.9 Å². The minimum Gasteiger partial charge on any atom is -0.357 e. The Morgan fingerprint density at radius 2 is 1.96 bits per heavy atom. The Kier molecular flexibility index (Phi) is 6.59. The molecule has 0 saturated carbocycles. The lowest BCUT2D eigenvalue weighted by molar-refractivity contribution is 0.614. The fourth-order valence-corrected chi connectivity index (χ4v) is 3.61. The van der Waals surface area contributed by atoms with Crippen LogP contribution in [-0.2, 0) is 19.6 Å². The third-order valence-corrected chi connectivity index (χ3v) is 5.32. The van der Waals surface area contributed by atoms with Crippen LogP contribution in [0.3, 0.4) is 0 Å².